The Labute approximate surface area is 185 Å². The van der Waals surface area contributed by atoms with Crippen molar-refractivity contribution in [3.63, 3.8) is 0 Å². The minimum atomic E-state index is -0.0562. The van der Waals surface area contributed by atoms with E-state index < -0.39 is 0 Å². The van der Waals surface area contributed by atoms with Crippen molar-refractivity contribution in [2.24, 2.45) is 4.99 Å². The summed E-state index contributed by atoms with van der Waals surface area (Å²) in [6, 6.07) is 16.4. The van der Waals surface area contributed by atoms with Crippen LogP contribution in [0.15, 0.2) is 53.5 Å². The number of carbonyl (C=O) groups is 1. The Balaban J connectivity index is 0.00000392. The number of hydrogen-bond acceptors (Lipinski definition) is 2. The molecule has 2 N–H and O–H groups in total. The SMILES string of the molecule is CCNC(=NCCc1ccc(NC(C)=O)cc1)N(C)Cc1ccccc1C.I. The molecule has 0 heterocycles. The van der Waals surface area contributed by atoms with Crippen LogP contribution in [-0.4, -0.2) is 36.9 Å². The molecule has 0 aliphatic rings. The molecule has 6 heteroatoms. The molecule has 0 aromatic heterocycles. The van der Waals surface area contributed by atoms with Crippen molar-refractivity contribution in [2.45, 2.75) is 33.7 Å². The van der Waals surface area contributed by atoms with Gasteiger partial charge in [0.25, 0.3) is 0 Å². The molecule has 28 heavy (non-hydrogen) atoms. The van der Waals surface area contributed by atoms with Crippen LogP contribution in [0.25, 0.3) is 0 Å². The Morgan fingerprint density at radius 2 is 1.79 bits per heavy atom. The summed E-state index contributed by atoms with van der Waals surface area (Å²) in [4.78, 5) is 18.0. The topological polar surface area (TPSA) is 56.7 Å². The average molecular weight is 494 g/mol. The maximum atomic E-state index is 11.1. The van der Waals surface area contributed by atoms with Crippen LogP contribution in [0.5, 0.6) is 0 Å². The van der Waals surface area contributed by atoms with Crippen LogP contribution in [0.4, 0.5) is 5.69 Å². The molecule has 1 amide bonds. The van der Waals surface area contributed by atoms with Crippen molar-refractivity contribution < 1.29 is 4.79 Å². The minimum Gasteiger partial charge on any atom is -0.357 e. The molecule has 0 radical (unpaired) electrons. The van der Waals surface area contributed by atoms with E-state index in [9.17, 15) is 4.79 Å². The molecular weight excluding hydrogens is 463 g/mol. The molecule has 0 saturated carbocycles. The molecule has 2 aromatic carbocycles. The normalized spacial score (nSPS) is 10.8. The van der Waals surface area contributed by atoms with Crippen LogP contribution in [0.3, 0.4) is 0 Å². The number of halogens is 1. The maximum absolute atomic E-state index is 11.1. The molecule has 0 aliphatic heterocycles. The predicted octanol–water partition coefficient (Wildman–Crippen LogP) is 4.21. The first-order valence-corrected chi connectivity index (χ1v) is 9.40. The highest BCUT2D eigenvalue weighted by Crippen LogP contribution is 2.11. The predicted molar refractivity (Wildman–Crippen MR) is 128 cm³/mol. The van der Waals surface area contributed by atoms with Gasteiger partial charge in [0.2, 0.25) is 5.91 Å². The summed E-state index contributed by atoms with van der Waals surface area (Å²) in [6.45, 7) is 8.10. The lowest BCUT2D eigenvalue weighted by atomic mass is 10.1. The lowest BCUT2D eigenvalue weighted by Gasteiger charge is -2.23. The fraction of sp³-hybridized carbons (Fsp3) is 0.364. The second-order valence-electron chi connectivity index (χ2n) is 6.65. The average Bonchev–Trinajstić information content (AvgIpc) is 2.64. The molecule has 0 unspecified atom stereocenters. The van der Waals surface area contributed by atoms with Crippen LogP contribution < -0.4 is 10.6 Å². The summed E-state index contributed by atoms with van der Waals surface area (Å²) in [6.07, 6.45) is 0.855. The van der Waals surface area contributed by atoms with Crippen molar-refractivity contribution in [1.82, 2.24) is 10.2 Å². The van der Waals surface area contributed by atoms with Crippen LogP contribution in [0, 0.1) is 6.92 Å². The second-order valence-corrected chi connectivity index (χ2v) is 6.65. The van der Waals surface area contributed by atoms with Crippen molar-refractivity contribution in [1.29, 1.82) is 0 Å². The van der Waals surface area contributed by atoms with Crippen LogP contribution in [0.2, 0.25) is 0 Å². The number of guanidine groups is 1. The zero-order valence-electron chi connectivity index (χ0n) is 17.2. The Kier molecular flexibility index (Phi) is 10.6. The van der Waals surface area contributed by atoms with Gasteiger partial charge >= 0.3 is 0 Å². The Hall–Kier alpha value is -2.09. The molecule has 2 rings (SSSR count). The van der Waals surface area contributed by atoms with Gasteiger partial charge in [-0.2, -0.15) is 0 Å². The summed E-state index contributed by atoms with van der Waals surface area (Å²) in [7, 11) is 2.07. The molecule has 152 valence electrons. The van der Waals surface area contributed by atoms with Gasteiger partial charge in [-0.15, -0.1) is 24.0 Å². The number of hydrogen-bond donors (Lipinski definition) is 2. The Morgan fingerprint density at radius 3 is 2.39 bits per heavy atom. The third-order valence-electron chi connectivity index (χ3n) is 4.30. The van der Waals surface area contributed by atoms with E-state index in [0.717, 1.165) is 31.2 Å². The lowest BCUT2D eigenvalue weighted by molar-refractivity contribution is -0.114. The number of aryl methyl sites for hydroxylation is 1. The number of anilines is 1. The third-order valence-corrected chi connectivity index (χ3v) is 4.30. The van der Waals surface area contributed by atoms with Crippen molar-refractivity contribution in [3.8, 4) is 0 Å². The third kappa shape index (κ3) is 7.88. The van der Waals surface area contributed by atoms with Gasteiger partial charge in [0, 0.05) is 39.3 Å². The highest BCUT2D eigenvalue weighted by Gasteiger charge is 2.07. The summed E-state index contributed by atoms with van der Waals surface area (Å²) in [5.41, 5.74) is 4.62. The molecule has 0 saturated heterocycles. The largest absolute Gasteiger partial charge is 0.357 e. The number of benzene rings is 2. The number of aliphatic imine (C=N–C) groups is 1. The van der Waals surface area contributed by atoms with Gasteiger partial charge in [0.1, 0.15) is 0 Å². The van der Waals surface area contributed by atoms with Crippen LogP contribution in [-0.2, 0) is 17.8 Å². The van der Waals surface area contributed by atoms with Gasteiger partial charge in [0.15, 0.2) is 5.96 Å². The van der Waals surface area contributed by atoms with E-state index >= 15 is 0 Å². The monoisotopic (exact) mass is 494 g/mol. The Bertz CT molecular complexity index is 774. The first-order chi connectivity index (χ1) is 13.0. The number of nitrogens with zero attached hydrogens (tertiary/aromatic N) is 2. The quantitative estimate of drug-likeness (QED) is 0.345. The summed E-state index contributed by atoms with van der Waals surface area (Å²) >= 11 is 0. The van der Waals surface area contributed by atoms with E-state index in [1.807, 2.05) is 24.3 Å². The molecular formula is C22H31IN4O. The number of carbonyl (C=O) groups excluding carboxylic acids is 1. The first-order valence-electron chi connectivity index (χ1n) is 9.40. The van der Waals surface area contributed by atoms with Gasteiger partial charge in [-0.25, -0.2) is 0 Å². The van der Waals surface area contributed by atoms with E-state index in [2.05, 4.69) is 60.7 Å². The summed E-state index contributed by atoms with van der Waals surface area (Å²) in [5, 5.41) is 6.15. The van der Waals surface area contributed by atoms with Gasteiger partial charge in [-0.3, -0.25) is 9.79 Å². The fourth-order valence-corrected chi connectivity index (χ4v) is 2.84. The zero-order valence-corrected chi connectivity index (χ0v) is 19.5. The van der Waals surface area contributed by atoms with E-state index in [1.165, 1.54) is 23.6 Å². The van der Waals surface area contributed by atoms with Crippen molar-refractivity contribution >= 4 is 41.5 Å². The lowest BCUT2D eigenvalue weighted by Crippen LogP contribution is -2.38. The van der Waals surface area contributed by atoms with Crippen molar-refractivity contribution in [2.75, 3.05) is 25.5 Å². The molecule has 0 spiro atoms. The summed E-state index contributed by atoms with van der Waals surface area (Å²) in [5.74, 6) is 0.856. The van der Waals surface area contributed by atoms with E-state index in [-0.39, 0.29) is 29.9 Å². The number of nitrogens with one attached hydrogen (secondary N) is 2. The fourth-order valence-electron chi connectivity index (χ4n) is 2.84. The highest BCUT2D eigenvalue weighted by molar-refractivity contribution is 14.0. The van der Waals surface area contributed by atoms with Crippen LogP contribution in [0.1, 0.15) is 30.5 Å². The molecule has 0 aliphatic carbocycles. The molecule has 0 bridgehead atoms. The smallest absolute Gasteiger partial charge is 0.221 e. The second kappa shape index (κ2) is 12.4. The van der Waals surface area contributed by atoms with Gasteiger partial charge in [-0.1, -0.05) is 36.4 Å². The minimum absolute atomic E-state index is 0. The molecule has 2 aromatic rings. The first kappa shape index (κ1) is 23.9. The Morgan fingerprint density at radius 1 is 1.11 bits per heavy atom. The van der Waals surface area contributed by atoms with E-state index in [4.69, 9.17) is 4.99 Å². The number of rotatable bonds is 7. The van der Waals surface area contributed by atoms with Gasteiger partial charge in [-0.05, 0) is 49.1 Å². The highest BCUT2D eigenvalue weighted by atomic mass is 127. The molecule has 0 fully saturated rings. The van der Waals surface area contributed by atoms with Gasteiger partial charge in [0.05, 0.1) is 0 Å². The maximum Gasteiger partial charge on any atom is 0.221 e. The summed E-state index contributed by atoms with van der Waals surface area (Å²) < 4.78 is 0. The number of amides is 1. The standard InChI is InChI=1S/C22H30N4O.HI/c1-5-23-22(26(4)16-20-9-7-6-8-17(20)2)24-15-14-19-10-12-21(13-11-19)25-18(3)27;/h6-13H,5,14-16H2,1-4H3,(H,23,24)(H,25,27);1H. The molecule has 5 nitrogen and oxygen atoms in total. The van der Waals surface area contributed by atoms with E-state index in [1.54, 1.807) is 0 Å². The van der Waals surface area contributed by atoms with E-state index in [0.29, 0.717) is 6.54 Å². The zero-order chi connectivity index (χ0) is 19.6. The van der Waals surface area contributed by atoms with Crippen molar-refractivity contribution in [3.05, 3.63) is 65.2 Å². The van der Waals surface area contributed by atoms with Gasteiger partial charge < -0.3 is 15.5 Å². The molecule has 0 atom stereocenters. The van der Waals surface area contributed by atoms with Crippen LogP contribution >= 0.6 is 24.0 Å².